The van der Waals surface area contributed by atoms with Gasteiger partial charge in [0.05, 0.1) is 5.56 Å². The number of pyridine rings is 1. The number of carbonyl (C=O) groups is 2. The maximum absolute atomic E-state index is 13.4. The Labute approximate surface area is 193 Å². The summed E-state index contributed by atoms with van der Waals surface area (Å²) in [5, 5.41) is 4.67. The molecule has 8 heteroatoms. The zero-order valence-corrected chi connectivity index (χ0v) is 18.6. The van der Waals surface area contributed by atoms with E-state index in [1.165, 1.54) is 17.4 Å². The van der Waals surface area contributed by atoms with Gasteiger partial charge >= 0.3 is 0 Å². The van der Waals surface area contributed by atoms with Crippen LogP contribution in [0, 0.1) is 3.57 Å². The monoisotopic (exact) mass is 526 g/mol. The molecule has 1 atom stereocenters. The zero-order chi connectivity index (χ0) is 21.8. The molecule has 2 heterocycles. The van der Waals surface area contributed by atoms with E-state index in [1.54, 1.807) is 24.3 Å². The van der Waals surface area contributed by atoms with Crippen molar-refractivity contribution < 1.29 is 14.3 Å². The fraction of sp³-hybridized carbons (Fsp3) is 0.0870. The Morgan fingerprint density at radius 3 is 2.81 bits per heavy atom. The second kappa shape index (κ2) is 9.17. The van der Waals surface area contributed by atoms with Gasteiger partial charge in [0.25, 0.3) is 11.8 Å². The predicted octanol–water partition coefficient (Wildman–Crippen LogP) is 4.16. The molecule has 3 aromatic rings. The number of fused-ring (bicyclic) bond motifs is 1. The van der Waals surface area contributed by atoms with E-state index in [2.05, 4.69) is 44.9 Å². The van der Waals surface area contributed by atoms with Crippen molar-refractivity contribution in [3.8, 4) is 5.75 Å². The van der Waals surface area contributed by atoms with Gasteiger partial charge in [0.2, 0.25) is 0 Å². The second-order valence-electron chi connectivity index (χ2n) is 6.76. The van der Waals surface area contributed by atoms with Gasteiger partial charge in [-0.2, -0.15) is 0 Å². The molecule has 0 fully saturated rings. The van der Waals surface area contributed by atoms with Crippen molar-refractivity contribution in [3.63, 3.8) is 0 Å². The molecule has 1 aliphatic heterocycles. The first kappa shape index (κ1) is 20.9. The third-order valence-corrected chi connectivity index (χ3v) is 5.36. The lowest BCUT2D eigenvalue weighted by atomic mass is 10.0. The minimum Gasteiger partial charge on any atom is -0.490 e. The van der Waals surface area contributed by atoms with Crippen LogP contribution in [-0.4, -0.2) is 28.4 Å². The molecule has 1 aromatic heterocycles. The van der Waals surface area contributed by atoms with Gasteiger partial charge in [-0.1, -0.05) is 24.8 Å². The summed E-state index contributed by atoms with van der Waals surface area (Å²) in [4.78, 5) is 30.1. The smallest absolute Gasteiger partial charge is 0.276 e. The number of nitrogens with zero attached hydrogens (tertiary/aromatic N) is 2. The number of ether oxygens (including phenoxy) is 1. The number of anilines is 1. The summed E-state index contributed by atoms with van der Waals surface area (Å²) in [6.45, 7) is 4.03. The molecular weight excluding hydrogens is 507 g/mol. The van der Waals surface area contributed by atoms with Crippen LogP contribution < -0.4 is 15.5 Å². The lowest BCUT2D eigenvalue weighted by Crippen LogP contribution is -2.52. The summed E-state index contributed by atoms with van der Waals surface area (Å²) in [6, 6.07) is 16.1. The van der Waals surface area contributed by atoms with Gasteiger partial charge in [0.1, 0.15) is 18.5 Å². The van der Waals surface area contributed by atoms with Gasteiger partial charge in [-0.15, -0.1) is 0 Å². The van der Waals surface area contributed by atoms with Gasteiger partial charge in [-0.25, -0.2) is 5.01 Å². The van der Waals surface area contributed by atoms with Crippen molar-refractivity contribution in [3.05, 3.63) is 99.9 Å². The number of benzene rings is 2. The Balaban J connectivity index is 1.71. The summed E-state index contributed by atoms with van der Waals surface area (Å²) in [6.07, 6.45) is 4.09. The van der Waals surface area contributed by atoms with Crippen LogP contribution >= 0.6 is 22.6 Å². The number of hydrogen-bond acceptors (Lipinski definition) is 5. The Morgan fingerprint density at radius 2 is 2.03 bits per heavy atom. The molecule has 31 heavy (non-hydrogen) atoms. The largest absolute Gasteiger partial charge is 0.490 e. The normalized spacial score (nSPS) is 14.9. The van der Waals surface area contributed by atoms with E-state index in [1.807, 2.05) is 36.4 Å². The standard InChI is InChI=1S/C23H19IN4O3/c1-2-12-31-18-5-3-4-16(13-18)21-26-20-7-6-17(24)14-19(20)23(30)28(21)27-22(29)15-8-10-25-11-9-15/h2-11,13-14,21,26H,1,12H2,(H,27,29)/t21-/m1/s1. The van der Waals surface area contributed by atoms with Crippen LogP contribution in [-0.2, 0) is 0 Å². The predicted molar refractivity (Wildman–Crippen MR) is 126 cm³/mol. The maximum Gasteiger partial charge on any atom is 0.276 e. The quantitative estimate of drug-likeness (QED) is 0.373. The third-order valence-electron chi connectivity index (χ3n) is 4.69. The zero-order valence-electron chi connectivity index (χ0n) is 16.4. The molecule has 0 saturated carbocycles. The highest BCUT2D eigenvalue weighted by Crippen LogP contribution is 2.34. The van der Waals surface area contributed by atoms with Crippen LogP contribution in [0.1, 0.15) is 32.4 Å². The van der Waals surface area contributed by atoms with Crippen LogP contribution in [0.15, 0.2) is 79.6 Å². The Kier molecular flexibility index (Phi) is 6.17. The first-order valence-electron chi connectivity index (χ1n) is 9.51. The average molecular weight is 526 g/mol. The van der Waals surface area contributed by atoms with E-state index in [0.29, 0.717) is 29.2 Å². The Hall–Kier alpha value is -3.40. The van der Waals surface area contributed by atoms with E-state index in [9.17, 15) is 9.59 Å². The van der Waals surface area contributed by atoms with E-state index in [4.69, 9.17) is 4.74 Å². The lowest BCUT2D eigenvalue weighted by Gasteiger charge is -2.38. The molecule has 0 spiro atoms. The number of aromatic nitrogens is 1. The minimum absolute atomic E-state index is 0.308. The van der Waals surface area contributed by atoms with Crippen LogP contribution in [0.25, 0.3) is 0 Å². The maximum atomic E-state index is 13.4. The highest BCUT2D eigenvalue weighted by atomic mass is 127. The lowest BCUT2D eigenvalue weighted by molar-refractivity contribution is 0.0490. The summed E-state index contributed by atoms with van der Waals surface area (Å²) >= 11 is 2.15. The fourth-order valence-corrected chi connectivity index (χ4v) is 3.72. The molecule has 0 bridgehead atoms. The molecule has 2 aromatic carbocycles. The highest BCUT2D eigenvalue weighted by molar-refractivity contribution is 14.1. The van der Waals surface area contributed by atoms with Crippen molar-refractivity contribution in [1.29, 1.82) is 0 Å². The molecule has 0 unspecified atom stereocenters. The topological polar surface area (TPSA) is 83.6 Å². The van der Waals surface area contributed by atoms with Crippen molar-refractivity contribution in [2.45, 2.75) is 6.17 Å². The molecule has 156 valence electrons. The molecule has 0 saturated heterocycles. The van der Waals surface area contributed by atoms with Crippen molar-refractivity contribution in [1.82, 2.24) is 15.4 Å². The van der Waals surface area contributed by atoms with E-state index < -0.39 is 12.1 Å². The van der Waals surface area contributed by atoms with Gasteiger partial charge in [-0.05, 0) is 65.1 Å². The SMILES string of the molecule is C=CCOc1cccc([C@@H]2Nc3ccc(I)cc3C(=O)N2NC(=O)c2ccncc2)c1. The summed E-state index contributed by atoms with van der Waals surface area (Å²) in [7, 11) is 0. The molecule has 7 nitrogen and oxygen atoms in total. The average Bonchev–Trinajstić information content (AvgIpc) is 2.80. The van der Waals surface area contributed by atoms with Crippen LogP contribution in [0.5, 0.6) is 5.75 Å². The van der Waals surface area contributed by atoms with Gasteiger partial charge in [-0.3, -0.25) is 20.0 Å². The molecule has 0 aliphatic carbocycles. The number of carbonyl (C=O) groups excluding carboxylic acids is 2. The first-order chi connectivity index (χ1) is 15.1. The Morgan fingerprint density at radius 1 is 1.23 bits per heavy atom. The number of rotatable bonds is 6. The number of hydrazine groups is 1. The van der Waals surface area contributed by atoms with Gasteiger partial charge in [0.15, 0.2) is 0 Å². The van der Waals surface area contributed by atoms with Crippen LogP contribution in [0.4, 0.5) is 5.69 Å². The Bertz CT molecular complexity index is 1140. The van der Waals surface area contributed by atoms with Crippen LogP contribution in [0.3, 0.4) is 0 Å². The molecular formula is C23H19IN4O3. The first-order valence-corrected chi connectivity index (χ1v) is 10.6. The fourth-order valence-electron chi connectivity index (χ4n) is 3.23. The van der Waals surface area contributed by atoms with Crippen molar-refractivity contribution in [2.24, 2.45) is 0 Å². The van der Waals surface area contributed by atoms with Gasteiger partial charge < -0.3 is 10.1 Å². The summed E-state index contributed by atoms with van der Waals surface area (Å²) < 4.78 is 6.56. The summed E-state index contributed by atoms with van der Waals surface area (Å²) in [5.74, 6) is -0.0757. The highest BCUT2D eigenvalue weighted by Gasteiger charge is 2.35. The van der Waals surface area contributed by atoms with E-state index in [-0.39, 0.29) is 5.91 Å². The second-order valence-corrected chi connectivity index (χ2v) is 8.01. The molecule has 1 aliphatic rings. The van der Waals surface area contributed by atoms with Crippen molar-refractivity contribution >= 4 is 40.1 Å². The van der Waals surface area contributed by atoms with Gasteiger partial charge in [0, 0.05) is 32.8 Å². The molecule has 0 radical (unpaired) electrons. The number of halogens is 1. The molecule has 2 N–H and O–H groups in total. The number of nitrogens with one attached hydrogen (secondary N) is 2. The van der Waals surface area contributed by atoms with Crippen LogP contribution in [0.2, 0.25) is 0 Å². The minimum atomic E-state index is -0.627. The van der Waals surface area contributed by atoms with Crippen molar-refractivity contribution in [2.75, 3.05) is 11.9 Å². The third kappa shape index (κ3) is 4.53. The summed E-state index contributed by atoms with van der Waals surface area (Å²) in [5.41, 5.74) is 5.09. The molecule has 4 rings (SSSR count). The number of amides is 2. The molecule has 2 amide bonds. The van der Waals surface area contributed by atoms with E-state index in [0.717, 1.165) is 9.13 Å². The van der Waals surface area contributed by atoms with E-state index >= 15 is 0 Å². The number of hydrogen-bond donors (Lipinski definition) is 2.